The van der Waals surface area contributed by atoms with E-state index in [4.69, 9.17) is 14.2 Å². The Morgan fingerprint density at radius 2 is 1.63 bits per heavy atom. The van der Waals surface area contributed by atoms with E-state index in [0.717, 1.165) is 12.8 Å². The first-order valence-electron chi connectivity index (χ1n) is 8.91. The van der Waals surface area contributed by atoms with Crippen LogP contribution in [0.1, 0.15) is 34.9 Å². The van der Waals surface area contributed by atoms with Gasteiger partial charge < -0.3 is 19.1 Å². The third-order valence-electron chi connectivity index (χ3n) is 4.59. The van der Waals surface area contributed by atoms with E-state index < -0.39 is 12.1 Å². The van der Waals surface area contributed by atoms with Gasteiger partial charge in [0.1, 0.15) is 5.56 Å². The normalized spacial score (nSPS) is 14.5. The van der Waals surface area contributed by atoms with E-state index >= 15 is 0 Å². The quantitative estimate of drug-likeness (QED) is 0.732. The van der Waals surface area contributed by atoms with Crippen LogP contribution < -0.4 is 9.47 Å². The summed E-state index contributed by atoms with van der Waals surface area (Å²) in [5.41, 5.74) is 0.858. The number of hydrogen-bond acceptors (Lipinski definition) is 5. The van der Waals surface area contributed by atoms with Crippen molar-refractivity contribution < 1.29 is 23.8 Å². The summed E-state index contributed by atoms with van der Waals surface area (Å²) < 4.78 is 16.2. The van der Waals surface area contributed by atoms with E-state index in [2.05, 4.69) is 0 Å². The molecule has 0 aromatic heterocycles. The van der Waals surface area contributed by atoms with Crippen LogP contribution in [-0.2, 0) is 9.53 Å². The first-order chi connectivity index (χ1) is 13.2. The number of hydrogen-bond donors (Lipinski definition) is 0. The Morgan fingerprint density at radius 3 is 2.26 bits per heavy atom. The van der Waals surface area contributed by atoms with Gasteiger partial charge in [-0.25, -0.2) is 4.79 Å². The van der Waals surface area contributed by atoms with Crippen LogP contribution in [0, 0.1) is 0 Å². The predicted octanol–water partition coefficient (Wildman–Crippen LogP) is 3.22. The standard InChI is InChI=1S/C21H23NO5/c1-25-17-12-8-11-16(19(17)26-2)21(24)27-18(15-9-4-3-5-10-15)20(23)22-13-6-7-14-22/h3-5,8-12,18H,6-7,13-14H2,1-2H3/t18-/m1/s1. The Morgan fingerprint density at radius 1 is 0.926 bits per heavy atom. The summed E-state index contributed by atoms with van der Waals surface area (Å²) in [7, 11) is 2.95. The number of carbonyl (C=O) groups is 2. The van der Waals surface area contributed by atoms with Crippen LogP contribution in [-0.4, -0.2) is 44.1 Å². The summed E-state index contributed by atoms with van der Waals surface area (Å²) in [6.07, 6.45) is 0.934. The number of methoxy groups -OCH3 is 2. The molecule has 3 rings (SSSR count). The van der Waals surface area contributed by atoms with Crippen LogP contribution in [0.15, 0.2) is 48.5 Å². The minimum atomic E-state index is -0.993. The molecule has 0 unspecified atom stereocenters. The number of amides is 1. The zero-order valence-electron chi connectivity index (χ0n) is 15.5. The fraction of sp³-hybridized carbons (Fsp3) is 0.333. The van der Waals surface area contributed by atoms with E-state index in [1.54, 1.807) is 35.2 Å². The lowest BCUT2D eigenvalue weighted by atomic mass is 10.1. The van der Waals surface area contributed by atoms with Crippen molar-refractivity contribution in [3.05, 3.63) is 59.7 Å². The van der Waals surface area contributed by atoms with Gasteiger partial charge in [-0.05, 0) is 25.0 Å². The maximum absolute atomic E-state index is 13.0. The molecule has 6 nitrogen and oxygen atoms in total. The first-order valence-corrected chi connectivity index (χ1v) is 8.91. The van der Waals surface area contributed by atoms with Gasteiger partial charge in [-0.2, -0.15) is 0 Å². The molecule has 0 N–H and O–H groups in total. The highest BCUT2D eigenvalue weighted by Crippen LogP contribution is 2.33. The van der Waals surface area contributed by atoms with Gasteiger partial charge in [-0.3, -0.25) is 4.79 Å². The molecule has 0 saturated carbocycles. The molecule has 0 aliphatic carbocycles. The molecule has 0 radical (unpaired) electrons. The predicted molar refractivity (Wildman–Crippen MR) is 100.0 cm³/mol. The van der Waals surface area contributed by atoms with Crippen molar-refractivity contribution >= 4 is 11.9 Å². The summed E-state index contributed by atoms with van der Waals surface area (Å²) in [6, 6.07) is 14.0. The summed E-state index contributed by atoms with van der Waals surface area (Å²) in [5.74, 6) is -0.124. The third-order valence-corrected chi connectivity index (χ3v) is 4.59. The van der Waals surface area contributed by atoms with Crippen molar-refractivity contribution in [3.63, 3.8) is 0 Å². The molecule has 1 atom stereocenters. The minimum Gasteiger partial charge on any atom is -0.493 e. The van der Waals surface area contributed by atoms with Gasteiger partial charge in [0.25, 0.3) is 5.91 Å². The van der Waals surface area contributed by atoms with Crippen LogP contribution in [0.25, 0.3) is 0 Å². The van der Waals surface area contributed by atoms with E-state index in [9.17, 15) is 9.59 Å². The van der Waals surface area contributed by atoms with Gasteiger partial charge in [0.05, 0.1) is 14.2 Å². The Bertz CT molecular complexity index is 799. The number of para-hydroxylation sites is 1. The second-order valence-electron chi connectivity index (χ2n) is 6.27. The summed E-state index contributed by atoms with van der Waals surface area (Å²) in [5, 5.41) is 0. The molecular formula is C21H23NO5. The number of nitrogens with zero attached hydrogens (tertiary/aromatic N) is 1. The van der Waals surface area contributed by atoms with Gasteiger partial charge in [0, 0.05) is 18.7 Å². The molecule has 142 valence electrons. The lowest BCUT2D eigenvalue weighted by molar-refractivity contribution is -0.140. The highest BCUT2D eigenvalue weighted by molar-refractivity contribution is 5.96. The van der Waals surface area contributed by atoms with E-state index in [1.807, 2.05) is 18.2 Å². The largest absolute Gasteiger partial charge is 0.493 e. The number of esters is 1. The third kappa shape index (κ3) is 4.05. The van der Waals surface area contributed by atoms with Crippen molar-refractivity contribution in [1.29, 1.82) is 0 Å². The average molecular weight is 369 g/mol. The highest BCUT2D eigenvalue weighted by atomic mass is 16.6. The van der Waals surface area contributed by atoms with Crippen LogP contribution in [0.5, 0.6) is 11.5 Å². The molecule has 1 aliphatic heterocycles. The van der Waals surface area contributed by atoms with Crippen molar-refractivity contribution in [2.75, 3.05) is 27.3 Å². The Labute approximate surface area is 158 Å². The Kier molecular flexibility index (Phi) is 5.96. The molecule has 27 heavy (non-hydrogen) atoms. The van der Waals surface area contributed by atoms with Crippen LogP contribution in [0.2, 0.25) is 0 Å². The van der Waals surface area contributed by atoms with E-state index in [-0.39, 0.29) is 17.2 Å². The minimum absolute atomic E-state index is 0.200. The average Bonchev–Trinajstić information content (AvgIpc) is 3.26. The monoisotopic (exact) mass is 369 g/mol. The smallest absolute Gasteiger partial charge is 0.343 e. The number of benzene rings is 2. The molecule has 1 amide bonds. The second-order valence-corrected chi connectivity index (χ2v) is 6.27. The fourth-order valence-corrected chi connectivity index (χ4v) is 3.21. The van der Waals surface area contributed by atoms with Gasteiger partial charge in [0.15, 0.2) is 11.5 Å². The number of ether oxygens (including phenoxy) is 3. The van der Waals surface area contributed by atoms with Crippen molar-refractivity contribution in [2.45, 2.75) is 18.9 Å². The lowest BCUT2D eigenvalue weighted by Gasteiger charge is -2.24. The fourth-order valence-electron chi connectivity index (χ4n) is 3.21. The topological polar surface area (TPSA) is 65.1 Å². The molecule has 0 bridgehead atoms. The van der Waals surface area contributed by atoms with Crippen LogP contribution >= 0.6 is 0 Å². The number of likely N-dealkylation sites (tertiary alicyclic amines) is 1. The molecule has 2 aromatic carbocycles. The molecule has 1 aliphatic rings. The molecule has 1 heterocycles. The summed E-state index contributed by atoms with van der Waals surface area (Å²) in [6.45, 7) is 1.37. The van der Waals surface area contributed by atoms with Gasteiger partial charge in [-0.15, -0.1) is 0 Å². The maximum atomic E-state index is 13.0. The first kappa shape index (κ1) is 18.8. The summed E-state index contributed by atoms with van der Waals surface area (Å²) in [4.78, 5) is 27.6. The van der Waals surface area contributed by atoms with Crippen molar-refractivity contribution in [3.8, 4) is 11.5 Å². The highest BCUT2D eigenvalue weighted by Gasteiger charge is 2.32. The van der Waals surface area contributed by atoms with Crippen molar-refractivity contribution in [1.82, 2.24) is 4.90 Å². The van der Waals surface area contributed by atoms with Gasteiger partial charge in [-0.1, -0.05) is 36.4 Å². The number of carbonyl (C=O) groups excluding carboxylic acids is 2. The van der Waals surface area contributed by atoms with E-state index in [0.29, 0.717) is 24.4 Å². The second kappa shape index (κ2) is 8.58. The molecule has 1 fully saturated rings. The number of rotatable bonds is 6. The Hall–Kier alpha value is -3.02. The molecule has 1 saturated heterocycles. The van der Waals surface area contributed by atoms with Crippen LogP contribution in [0.4, 0.5) is 0 Å². The van der Waals surface area contributed by atoms with E-state index in [1.165, 1.54) is 14.2 Å². The molecule has 6 heteroatoms. The lowest BCUT2D eigenvalue weighted by Crippen LogP contribution is -2.34. The van der Waals surface area contributed by atoms with Crippen molar-refractivity contribution in [2.24, 2.45) is 0 Å². The van der Waals surface area contributed by atoms with Gasteiger partial charge >= 0.3 is 5.97 Å². The molecule has 2 aromatic rings. The zero-order valence-corrected chi connectivity index (χ0v) is 15.5. The maximum Gasteiger partial charge on any atom is 0.343 e. The van der Waals surface area contributed by atoms with Crippen LogP contribution in [0.3, 0.4) is 0 Å². The molecular weight excluding hydrogens is 346 g/mol. The zero-order chi connectivity index (χ0) is 19.2. The summed E-state index contributed by atoms with van der Waals surface area (Å²) >= 11 is 0. The Balaban J connectivity index is 1.90. The van der Waals surface area contributed by atoms with Gasteiger partial charge in [0.2, 0.25) is 6.10 Å². The SMILES string of the molecule is COc1cccc(C(=O)O[C@@H](C(=O)N2CCCC2)c2ccccc2)c1OC. The molecule has 0 spiro atoms.